The summed E-state index contributed by atoms with van der Waals surface area (Å²) in [6, 6.07) is 34.2. The average Bonchev–Trinajstić information content (AvgIpc) is 3.57. The van der Waals surface area contributed by atoms with E-state index >= 15 is 0 Å². The van der Waals surface area contributed by atoms with Gasteiger partial charge in [-0.25, -0.2) is 9.97 Å². The Labute approximate surface area is 218 Å². The standard InChI is InChI=1S/C33H21N5/c1-2-8-24(9-3-1)37-16-14-27-28-18-32-29(17-22(28)12-13-30(27)37)26-10-4-5-11-31(26)38(32)25-20-35-33(36-21-25)23-7-6-15-34-19-23/h1-21H. The van der Waals surface area contributed by atoms with E-state index in [0.29, 0.717) is 5.82 Å². The fourth-order valence-corrected chi connectivity index (χ4v) is 5.59. The van der Waals surface area contributed by atoms with Crippen molar-refractivity contribution < 1.29 is 0 Å². The fourth-order valence-electron chi connectivity index (χ4n) is 5.59. The molecule has 5 heteroatoms. The first-order valence-corrected chi connectivity index (χ1v) is 12.6. The molecule has 0 N–H and O–H groups in total. The summed E-state index contributed by atoms with van der Waals surface area (Å²) in [6.07, 6.45) is 9.50. The van der Waals surface area contributed by atoms with Crippen LogP contribution < -0.4 is 0 Å². The molecule has 4 heterocycles. The third kappa shape index (κ3) is 3.09. The first-order valence-electron chi connectivity index (χ1n) is 12.6. The Morgan fingerprint density at radius 2 is 1.34 bits per heavy atom. The predicted molar refractivity (Wildman–Crippen MR) is 154 cm³/mol. The topological polar surface area (TPSA) is 48.5 Å². The molecule has 5 nitrogen and oxygen atoms in total. The molecule has 0 saturated heterocycles. The largest absolute Gasteiger partial charge is 0.317 e. The SMILES string of the molecule is c1ccc(-n2ccc3c4cc5c(cc4ccc32)c2ccccc2n5-c2cnc(-c3cccnc3)nc2)cc1. The van der Waals surface area contributed by atoms with Crippen molar-refractivity contribution in [3.63, 3.8) is 0 Å². The maximum atomic E-state index is 4.69. The van der Waals surface area contributed by atoms with Gasteiger partial charge in [-0.1, -0.05) is 42.5 Å². The van der Waals surface area contributed by atoms with Crippen molar-refractivity contribution in [1.29, 1.82) is 0 Å². The quantitative estimate of drug-likeness (QED) is 0.256. The lowest BCUT2D eigenvalue weighted by Crippen LogP contribution is -1.98. The van der Waals surface area contributed by atoms with Crippen LogP contribution in [0.4, 0.5) is 0 Å². The summed E-state index contributed by atoms with van der Waals surface area (Å²) in [7, 11) is 0. The molecule has 0 radical (unpaired) electrons. The lowest BCUT2D eigenvalue weighted by Gasteiger charge is -2.10. The van der Waals surface area contributed by atoms with E-state index in [1.807, 2.05) is 30.6 Å². The van der Waals surface area contributed by atoms with Crippen molar-refractivity contribution in [1.82, 2.24) is 24.1 Å². The molecule has 8 aromatic rings. The van der Waals surface area contributed by atoms with Gasteiger partial charge in [0.15, 0.2) is 5.82 Å². The zero-order valence-electron chi connectivity index (χ0n) is 20.4. The Hall–Kier alpha value is -5.29. The molecular formula is C33H21N5. The summed E-state index contributed by atoms with van der Waals surface area (Å²) in [5, 5.41) is 6.10. The van der Waals surface area contributed by atoms with Crippen molar-refractivity contribution in [3.8, 4) is 22.8 Å². The highest BCUT2D eigenvalue weighted by atomic mass is 15.0. The third-order valence-corrected chi connectivity index (χ3v) is 7.33. The van der Waals surface area contributed by atoms with Crippen LogP contribution in [-0.4, -0.2) is 24.1 Å². The predicted octanol–water partition coefficient (Wildman–Crippen LogP) is 7.73. The molecule has 0 unspecified atom stereocenters. The number of benzene rings is 4. The highest BCUT2D eigenvalue weighted by Gasteiger charge is 2.16. The Kier molecular flexibility index (Phi) is 4.45. The lowest BCUT2D eigenvalue weighted by molar-refractivity contribution is 1.08. The molecular weight excluding hydrogens is 466 g/mol. The second kappa shape index (κ2) is 8.11. The normalized spacial score (nSPS) is 11.7. The van der Waals surface area contributed by atoms with Crippen LogP contribution in [0.15, 0.2) is 128 Å². The van der Waals surface area contributed by atoms with Gasteiger partial charge in [0.2, 0.25) is 0 Å². The minimum atomic E-state index is 0.664. The molecule has 0 saturated carbocycles. The van der Waals surface area contributed by atoms with E-state index in [4.69, 9.17) is 9.97 Å². The van der Waals surface area contributed by atoms with Crippen LogP contribution in [0.1, 0.15) is 0 Å². The number of pyridine rings is 1. The van der Waals surface area contributed by atoms with Crippen LogP contribution in [0, 0.1) is 0 Å². The fraction of sp³-hybridized carbons (Fsp3) is 0. The highest BCUT2D eigenvalue weighted by Crippen LogP contribution is 2.37. The summed E-state index contributed by atoms with van der Waals surface area (Å²) < 4.78 is 4.52. The van der Waals surface area contributed by atoms with Crippen LogP contribution in [0.5, 0.6) is 0 Å². The second-order valence-corrected chi connectivity index (χ2v) is 9.47. The molecule has 0 aliphatic heterocycles. The number of hydrogen-bond donors (Lipinski definition) is 0. The number of hydrogen-bond acceptors (Lipinski definition) is 3. The van der Waals surface area contributed by atoms with Gasteiger partial charge in [-0.3, -0.25) is 4.98 Å². The zero-order chi connectivity index (χ0) is 25.1. The summed E-state index contributed by atoms with van der Waals surface area (Å²) in [5.74, 6) is 0.664. The molecule has 0 bridgehead atoms. The van der Waals surface area contributed by atoms with Crippen LogP contribution in [0.2, 0.25) is 0 Å². The molecule has 0 spiro atoms. The van der Waals surface area contributed by atoms with E-state index in [2.05, 4.69) is 99.2 Å². The zero-order valence-corrected chi connectivity index (χ0v) is 20.4. The molecule has 0 aliphatic rings. The average molecular weight is 488 g/mol. The summed E-state index contributed by atoms with van der Waals surface area (Å²) >= 11 is 0. The van der Waals surface area contributed by atoms with E-state index in [-0.39, 0.29) is 0 Å². The number of rotatable bonds is 3. The van der Waals surface area contributed by atoms with Gasteiger partial charge in [-0.05, 0) is 65.4 Å². The molecule has 38 heavy (non-hydrogen) atoms. The van der Waals surface area contributed by atoms with Crippen molar-refractivity contribution in [2.24, 2.45) is 0 Å². The van der Waals surface area contributed by atoms with Gasteiger partial charge in [0, 0.05) is 46.0 Å². The van der Waals surface area contributed by atoms with E-state index < -0.39 is 0 Å². The summed E-state index contributed by atoms with van der Waals surface area (Å²) in [4.78, 5) is 13.6. The van der Waals surface area contributed by atoms with Gasteiger partial charge in [-0.2, -0.15) is 0 Å². The molecule has 0 aliphatic carbocycles. The van der Waals surface area contributed by atoms with Crippen molar-refractivity contribution in [2.45, 2.75) is 0 Å². The molecule has 0 atom stereocenters. The summed E-state index contributed by atoms with van der Waals surface area (Å²) in [5.41, 5.74) is 6.44. The molecule has 178 valence electrons. The third-order valence-electron chi connectivity index (χ3n) is 7.33. The van der Waals surface area contributed by atoms with Crippen molar-refractivity contribution >= 4 is 43.5 Å². The first kappa shape index (κ1) is 20.9. The van der Waals surface area contributed by atoms with Gasteiger partial charge in [-0.15, -0.1) is 0 Å². The minimum Gasteiger partial charge on any atom is -0.317 e. The minimum absolute atomic E-state index is 0.664. The monoisotopic (exact) mass is 487 g/mol. The number of aromatic nitrogens is 5. The summed E-state index contributed by atoms with van der Waals surface area (Å²) in [6.45, 7) is 0. The first-order chi connectivity index (χ1) is 18.8. The smallest absolute Gasteiger partial charge is 0.160 e. The molecule has 4 aromatic carbocycles. The molecule has 4 aromatic heterocycles. The maximum absolute atomic E-state index is 4.69. The van der Waals surface area contributed by atoms with Crippen LogP contribution in [0.3, 0.4) is 0 Å². The van der Waals surface area contributed by atoms with Crippen molar-refractivity contribution in [2.75, 3.05) is 0 Å². The number of fused-ring (bicyclic) bond motifs is 6. The van der Waals surface area contributed by atoms with E-state index in [1.54, 1.807) is 12.4 Å². The van der Waals surface area contributed by atoms with Crippen LogP contribution in [0.25, 0.3) is 66.2 Å². The van der Waals surface area contributed by atoms with Gasteiger partial charge in [0.05, 0.1) is 34.6 Å². The number of nitrogens with zero attached hydrogens (tertiary/aromatic N) is 5. The van der Waals surface area contributed by atoms with Crippen LogP contribution >= 0.6 is 0 Å². The van der Waals surface area contributed by atoms with E-state index in [1.165, 1.54) is 32.4 Å². The van der Waals surface area contributed by atoms with Gasteiger partial charge >= 0.3 is 0 Å². The highest BCUT2D eigenvalue weighted by molar-refractivity contribution is 6.18. The maximum Gasteiger partial charge on any atom is 0.160 e. The lowest BCUT2D eigenvalue weighted by atomic mass is 10.0. The van der Waals surface area contributed by atoms with Crippen molar-refractivity contribution in [3.05, 3.63) is 128 Å². The Morgan fingerprint density at radius 3 is 2.18 bits per heavy atom. The second-order valence-electron chi connectivity index (χ2n) is 9.47. The Balaban J connectivity index is 1.38. The Bertz CT molecular complexity index is 2110. The molecule has 8 rings (SSSR count). The van der Waals surface area contributed by atoms with E-state index in [9.17, 15) is 0 Å². The Morgan fingerprint density at radius 1 is 0.526 bits per heavy atom. The van der Waals surface area contributed by atoms with Gasteiger partial charge < -0.3 is 9.13 Å². The van der Waals surface area contributed by atoms with Crippen LogP contribution in [-0.2, 0) is 0 Å². The van der Waals surface area contributed by atoms with E-state index in [0.717, 1.165) is 28.0 Å². The molecule has 0 fully saturated rings. The molecule has 0 amide bonds. The van der Waals surface area contributed by atoms with Gasteiger partial charge in [0.25, 0.3) is 0 Å². The number of para-hydroxylation sites is 2. The van der Waals surface area contributed by atoms with Gasteiger partial charge in [0.1, 0.15) is 0 Å².